The first-order chi connectivity index (χ1) is 8.19. The van der Waals surface area contributed by atoms with Crippen molar-refractivity contribution in [1.29, 1.82) is 5.26 Å². The van der Waals surface area contributed by atoms with E-state index in [4.69, 9.17) is 5.26 Å². The highest BCUT2D eigenvalue weighted by atomic mass is 79.9. The van der Waals surface area contributed by atoms with E-state index in [-0.39, 0.29) is 0 Å². The highest BCUT2D eigenvalue weighted by Crippen LogP contribution is 2.24. The monoisotopic (exact) mass is 307 g/mol. The molecule has 0 amide bonds. The first-order valence-corrected chi connectivity index (χ1v) is 6.61. The Morgan fingerprint density at radius 1 is 1.41 bits per heavy atom. The Kier molecular flexibility index (Phi) is 3.77. The summed E-state index contributed by atoms with van der Waals surface area (Å²) in [6, 6.07) is 9.80. The minimum atomic E-state index is 0.445. The third kappa shape index (κ3) is 3.05. The van der Waals surface area contributed by atoms with E-state index in [9.17, 15) is 0 Å². The standard InChI is InChI=1S/C12H10BrN3S/c1-16(8-11-4-5-12(13)17-11)10-3-2-9(6-14)15-7-10/h2-5,7H,8H2,1H3. The van der Waals surface area contributed by atoms with Crippen LogP contribution < -0.4 is 4.90 Å². The lowest BCUT2D eigenvalue weighted by atomic mass is 10.3. The van der Waals surface area contributed by atoms with Gasteiger partial charge in [0, 0.05) is 11.9 Å². The molecule has 2 heterocycles. The lowest BCUT2D eigenvalue weighted by molar-refractivity contribution is 0.933. The van der Waals surface area contributed by atoms with Crippen molar-refractivity contribution in [3.05, 3.63) is 44.8 Å². The number of nitrogens with zero attached hydrogens (tertiary/aromatic N) is 3. The van der Waals surface area contributed by atoms with E-state index < -0.39 is 0 Å². The van der Waals surface area contributed by atoms with Crippen molar-refractivity contribution in [3.8, 4) is 6.07 Å². The molecule has 0 unspecified atom stereocenters. The average Bonchev–Trinajstić information content (AvgIpc) is 2.75. The summed E-state index contributed by atoms with van der Waals surface area (Å²) in [6.45, 7) is 0.837. The minimum Gasteiger partial charge on any atom is -0.368 e. The fourth-order valence-electron chi connectivity index (χ4n) is 1.44. The van der Waals surface area contributed by atoms with Crippen LogP contribution in [0.15, 0.2) is 34.2 Å². The largest absolute Gasteiger partial charge is 0.368 e. The molecule has 17 heavy (non-hydrogen) atoms. The van der Waals surface area contributed by atoms with Crippen LogP contribution in [0.3, 0.4) is 0 Å². The molecule has 0 aliphatic carbocycles. The van der Waals surface area contributed by atoms with Gasteiger partial charge in [-0.15, -0.1) is 11.3 Å². The van der Waals surface area contributed by atoms with E-state index in [1.54, 1.807) is 23.6 Å². The molecule has 0 fully saturated rings. The minimum absolute atomic E-state index is 0.445. The van der Waals surface area contributed by atoms with Crippen LogP contribution in [0, 0.1) is 11.3 Å². The van der Waals surface area contributed by atoms with Gasteiger partial charge >= 0.3 is 0 Å². The highest BCUT2D eigenvalue weighted by molar-refractivity contribution is 9.11. The number of pyridine rings is 1. The maximum atomic E-state index is 8.68. The Morgan fingerprint density at radius 2 is 2.24 bits per heavy atom. The summed E-state index contributed by atoms with van der Waals surface area (Å²) in [7, 11) is 2.01. The van der Waals surface area contributed by atoms with Crippen LogP contribution in [0.1, 0.15) is 10.6 Å². The zero-order valence-electron chi connectivity index (χ0n) is 9.22. The predicted octanol–water partition coefficient (Wildman–Crippen LogP) is 3.41. The molecule has 3 nitrogen and oxygen atoms in total. The quantitative estimate of drug-likeness (QED) is 0.872. The molecule has 0 saturated heterocycles. The van der Waals surface area contributed by atoms with Gasteiger partial charge < -0.3 is 4.90 Å². The molecule has 2 rings (SSSR count). The third-order valence-electron chi connectivity index (χ3n) is 2.33. The van der Waals surface area contributed by atoms with Crippen molar-refractivity contribution in [1.82, 2.24) is 4.98 Å². The van der Waals surface area contributed by atoms with Crippen LogP contribution >= 0.6 is 27.3 Å². The van der Waals surface area contributed by atoms with Gasteiger partial charge in [0.05, 0.1) is 22.2 Å². The maximum Gasteiger partial charge on any atom is 0.140 e. The summed E-state index contributed by atoms with van der Waals surface area (Å²) < 4.78 is 1.14. The number of hydrogen-bond donors (Lipinski definition) is 0. The first kappa shape index (κ1) is 12.1. The molecule has 0 atom stereocenters. The first-order valence-electron chi connectivity index (χ1n) is 5.00. The molecule has 2 aromatic rings. The van der Waals surface area contributed by atoms with Gasteiger partial charge in [0.15, 0.2) is 0 Å². The maximum absolute atomic E-state index is 8.68. The molecule has 0 radical (unpaired) electrons. The van der Waals surface area contributed by atoms with Crippen molar-refractivity contribution in [3.63, 3.8) is 0 Å². The molecule has 0 bridgehead atoms. The lowest BCUT2D eigenvalue weighted by Crippen LogP contribution is -2.15. The topological polar surface area (TPSA) is 39.9 Å². The van der Waals surface area contributed by atoms with Gasteiger partial charge in [0.25, 0.3) is 0 Å². The van der Waals surface area contributed by atoms with E-state index in [0.717, 1.165) is 16.0 Å². The Labute approximate surface area is 112 Å². The van der Waals surface area contributed by atoms with Crippen LogP contribution in [-0.4, -0.2) is 12.0 Å². The van der Waals surface area contributed by atoms with Gasteiger partial charge in [-0.1, -0.05) is 0 Å². The van der Waals surface area contributed by atoms with E-state index in [0.29, 0.717) is 5.69 Å². The average molecular weight is 308 g/mol. The Balaban J connectivity index is 2.09. The van der Waals surface area contributed by atoms with E-state index >= 15 is 0 Å². The molecule has 0 aromatic carbocycles. The highest BCUT2D eigenvalue weighted by Gasteiger charge is 2.04. The van der Waals surface area contributed by atoms with Crippen LogP contribution in [-0.2, 0) is 6.54 Å². The second-order valence-electron chi connectivity index (χ2n) is 3.58. The number of halogens is 1. The molecule has 0 spiro atoms. The van der Waals surface area contributed by atoms with Crippen molar-refractivity contribution < 1.29 is 0 Å². The number of nitriles is 1. The lowest BCUT2D eigenvalue weighted by Gasteiger charge is -2.17. The fourth-order valence-corrected chi connectivity index (χ4v) is 2.98. The summed E-state index contributed by atoms with van der Waals surface area (Å²) in [4.78, 5) is 7.44. The van der Waals surface area contributed by atoms with Gasteiger partial charge in [0.1, 0.15) is 11.8 Å². The van der Waals surface area contributed by atoms with Crippen LogP contribution in [0.4, 0.5) is 5.69 Å². The molecule has 2 aromatic heterocycles. The second kappa shape index (κ2) is 5.30. The van der Waals surface area contributed by atoms with Crippen LogP contribution in [0.25, 0.3) is 0 Å². The molecule has 5 heteroatoms. The molecule has 0 N–H and O–H groups in total. The number of aromatic nitrogens is 1. The van der Waals surface area contributed by atoms with Crippen molar-refractivity contribution >= 4 is 33.0 Å². The summed E-state index contributed by atoms with van der Waals surface area (Å²) in [5.41, 5.74) is 1.45. The van der Waals surface area contributed by atoms with Gasteiger partial charge in [-0.3, -0.25) is 0 Å². The SMILES string of the molecule is CN(Cc1ccc(Br)s1)c1ccc(C#N)nc1. The summed E-state index contributed by atoms with van der Waals surface area (Å²) in [5.74, 6) is 0. The molecule has 0 saturated carbocycles. The van der Waals surface area contributed by atoms with Gasteiger partial charge in [-0.25, -0.2) is 4.98 Å². The Hall–Kier alpha value is -1.38. The number of thiophene rings is 1. The Morgan fingerprint density at radius 3 is 2.76 bits per heavy atom. The summed E-state index contributed by atoms with van der Waals surface area (Å²) >= 11 is 5.17. The van der Waals surface area contributed by atoms with Gasteiger partial charge in [-0.2, -0.15) is 5.26 Å². The number of rotatable bonds is 3. The third-order valence-corrected chi connectivity index (χ3v) is 3.93. The molecule has 0 aliphatic heterocycles. The van der Waals surface area contributed by atoms with Crippen molar-refractivity contribution in [2.24, 2.45) is 0 Å². The normalized spacial score (nSPS) is 9.94. The molecular formula is C12H10BrN3S. The molecule has 86 valence electrons. The summed E-state index contributed by atoms with van der Waals surface area (Å²) in [6.07, 6.45) is 1.72. The predicted molar refractivity (Wildman–Crippen MR) is 73.1 cm³/mol. The van der Waals surface area contributed by atoms with Gasteiger partial charge in [-0.05, 0) is 40.2 Å². The van der Waals surface area contributed by atoms with Crippen LogP contribution in [0.5, 0.6) is 0 Å². The van der Waals surface area contributed by atoms with Crippen molar-refractivity contribution in [2.75, 3.05) is 11.9 Å². The summed E-state index contributed by atoms with van der Waals surface area (Å²) in [5, 5.41) is 8.68. The number of hydrogen-bond acceptors (Lipinski definition) is 4. The Bertz CT molecular complexity index is 542. The molecular weight excluding hydrogens is 298 g/mol. The fraction of sp³-hybridized carbons (Fsp3) is 0.167. The van der Waals surface area contributed by atoms with Crippen molar-refractivity contribution in [2.45, 2.75) is 6.54 Å². The number of anilines is 1. The zero-order valence-corrected chi connectivity index (χ0v) is 11.6. The molecule has 0 aliphatic rings. The van der Waals surface area contributed by atoms with Gasteiger partial charge in [0.2, 0.25) is 0 Å². The van der Waals surface area contributed by atoms with E-state index in [1.807, 2.05) is 25.2 Å². The second-order valence-corrected chi connectivity index (χ2v) is 6.12. The smallest absolute Gasteiger partial charge is 0.140 e. The van der Waals surface area contributed by atoms with E-state index in [1.165, 1.54) is 4.88 Å². The van der Waals surface area contributed by atoms with E-state index in [2.05, 4.69) is 31.9 Å². The zero-order chi connectivity index (χ0) is 12.3. The van der Waals surface area contributed by atoms with Crippen LogP contribution in [0.2, 0.25) is 0 Å².